The van der Waals surface area contributed by atoms with Crippen LogP contribution in [0, 0.1) is 12.8 Å². The van der Waals surface area contributed by atoms with E-state index in [-0.39, 0.29) is 0 Å². The molecule has 4 heteroatoms. The molecular weight excluding hydrogens is 236 g/mol. The molecule has 1 aliphatic rings. The van der Waals surface area contributed by atoms with E-state index in [2.05, 4.69) is 42.0 Å². The highest BCUT2D eigenvalue weighted by atomic mass is 15.3. The van der Waals surface area contributed by atoms with E-state index in [1.807, 2.05) is 7.05 Å². The smallest absolute Gasteiger partial charge is 0.225 e. The van der Waals surface area contributed by atoms with Crippen molar-refractivity contribution in [2.75, 3.05) is 31.6 Å². The van der Waals surface area contributed by atoms with Crippen molar-refractivity contribution in [2.24, 2.45) is 5.92 Å². The first-order chi connectivity index (χ1) is 9.10. The van der Waals surface area contributed by atoms with Gasteiger partial charge in [0, 0.05) is 24.5 Å². The average Bonchev–Trinajstić information content (AvgIpc) is 2.38. The SMILES string of the molecule is CNCC1CCCN(c2nc(C)cc(C(C)C)n2)C1. The maximum absolute atomic E-state index is 4.75. The van der Waals surface area contributed by atoms with Gasteiger partial charge in [-0.2, -0.15) is 0 Å². The van der Waals surface area contributed by atoms with Crippen LogP contribution in [-0.2, 0) is 0 Å². The van der Waals surface area contributed by atoms with Crippen LogP contribution in [0.15, 0.2) is 6.07 Å². The van der Waals surface area contributed by atoms with E-state index in [0.29, 0.717) is 11.8 Å². The monoisotopic (exact) mass is 262 g/mol. The summed E-state index contributed by atoms with van der Waals surface area (Å²) in [6.45, 7) is 9.67. The van der Waals surface area contributed by atoms with Crippen LogP contribution < -0.4 is 10.2 Å². The number of anilines is 1. The fourth-order valence-corrected chi connectivity index (χ4v) is 2.72. The highest BCUT2D eigenvalue weighted by Gasteiger charge is 2.22. The quantitative estimate of drug-likeness (QED) is 0.904. The number of rotatable bonds is 4. The fraction of sp³-hybridized carbons (Fsp3) is 0.733. The minimum absolute atomic E-state index is 0.457. The van der Waals surface area contributed by atoms with Crippen molar-refractivity contribution in [1.29, 1.82) is 0 Å². The summed E-state index contributed by atoms with van der Waals surface area (Å²) in [7, 11) is 2.03. The van der Waals surface area contributed by atoms with Gasteiger partial charge in [-0.15, -0.1) is 0 Å². The van der Waals surface area contributed by atoms with Gasteiger partial charge in [-0.3, -0.25) is 0 Å². The molecule has 2 rings (SSSR count). The van der Waals surface area contributed by atoms with Crippen LogP contribution in [0.5, 0.6) is 0 Å². The number of piperidine rings is 1. The molecule has 1 fully saturated rings. The molecule has 0 radical (unpaired) electrons. The second kappa shape index (κ2) is 6.33. The van der Waals surface area contributed by atoms with E-state index in [9.17, 15) is 0 Å². The Morgan fingerprint density at radius 2 is 2.21 bits per heavy atom. The van der Waals surface area contributed by atoms with Gasteiger partial charge in [-0.25, -0.2) is 9.97 Å². The van der Waals surface area contributed by atoms with Gasteiger partial charge in [0.2, 0.25) is 5.95 Å². The van der Waals surface area contributed by atoms with Gasteiger partial charge >= 0.3 is 0 Å². The lowest BCUT2D eigenvalue weighted by molar-refractivity contribution is 0.399. The predicted octanol–water partition coefficient (Wildman–Crippen LogP) is 2.34. The molecule has 0 spiro atoms. The first-order valence-corrected chi connectivity index (χ1v) is 7.35. The molecule has 106 valence electrons. The summed E-state index contributed by atoms with van der Waals surface area (Å²) in [5.74, 6) is 2.09. The normalized spacial score (nSPS) is 20.1. The van der Waals surface area contributed by atoms with E-state index in [0.717, 1.165) is 37.0 Å². The Balaban J connectivity index is 2.16. The lowest BCUT2D eigenvalue weighted by Crippen LogP contribution is -2.40. The summed E-state index contributed by atoms with van der Waals surface area (Å²) in [4.78, 5) is 11.7. The molecule has 4 nitrogen and oxygen atoms in total. The molecule has 1 saturated heterocycles. The van der Waals surface area contributed by atoms with E-state index in [4.69, 9.17) is 4.98 Å². The Labute approximate surface area is 116 Å². The lowest BCUT2D eigenvalue weighted by atomic mass is 9.98. The number of hydrogen-bond acceptors (Lipinski definition) is 4. The minimum atomic E-state index is 0.457. The van der Waals surface area contributed by atoms with E-state index in [1.165, 1.54) is 12.8 Å². The zero-order valence-electron chi connectivity index (χ0n) is 12.6. The van der Waals surface area contributed by atoms with Crippen LogP contribution in [0.1, 0.15) is 44.0 Å². The second-order valence-corrected chi connectivity index (χ2v) is 5.90. The largest absolute Gasteiger partial charge is 0.340 e. The van der Waals surface area contributed by atoms with Crippen LogP contribution in [0.3, 0.4) is 0 Å². The molecule has 0 aromatic carbocycles. The highest BCUT2D eigenvalue weighted by molar-refractivity contribution is 5.33. The van der Waals surface area contributed by atoms with Crippen molar-refractivity contribution in [3.8, 4) is 0 Å². The molecule has 1 aromatic rings. The van der Waals surface area contributed by atoms with Crippen molar-refractivity contribution in [3.63, 3.8) is 0 Å². The highest BCUT2D eigenvalue weighted by Crippen LogP contribution is 2.22. The number of nitrogens with zero attached hydrogens (tertiary/aromatic N) is 3. The van der Waals surface area contributed by atoms with Crippen LogP contribution in [0.25, 0.3) is 0 Å². The van der Waals surface area contributed by atoms with Crippen LogP contribution >= 0.6 is 0 Å². The molecule has 1 N–H and O–H groups in total. The molecule has 1 aromatic heterocycles. The molecule has 1 unspecified atom stereocenters. The molecular formula is C15H26N4. The Hall–Kier alpha value is -1.16. The first kappa shape index (κ1) is 14.3. The van der Waals surface area contributed by atoms with E-state index < -0.39 is 0 Å². The number of aromatic nitrogens is 2. The third-order valence-corrected chi connectivity index (χ3v) is 3.75. The van der Waals surface area contributed by atoms with Gasteiger partial charge in [0.15, 0.2) is 0 Å². The maximum Gasteiger partial charge on any atom is 0.225 e. The summed E-state index contributed by atoms with van der Waals surface area (Å²) < 4.78 is 0. The average molecular weight is 262 g/mol. The predicted molar refractivity (Wildman–Crippen MR) is 79.7 cm³/mol. The number of hydrogen-bond donors (Lipinski definition) is 1. The lowest BCUT2D eigenvalue weighted by Gasteiger charge is -2.33. The van der Waals surface area contributed by atoms with Crippen LogP contribution in [0.2, 0.25) is 0 Å². The Morgan fingerprint density at radius 1 is 1.42 bits per heavy atom. The fourth-order valence-electron chi connectivity index (χ4n) is 2.72. The molecule has 0 amide bonds. The van der Waals surface area contributed by atoms with Gasteiger partial charge in [0.1, 0.15) is 0 Å². The summed E-state index contributed by atoms with van der Waals surface area (Å²) in [6.07, 6.45) is 2.54. The molecule has 1 atom stereocenters. The minimum Gasteiger partial charge on any atom is -0.340 e. The summed E-state index contributed by atoms with van der Waals surface area (Å²) in [6, 6.07) is 2.10. The van der Waals surface area contributed by atoms with Gasteiger partial charge in [-0.05, 0) is 51.3 Å². The zero-order chi connectivity index (χ0) is 13.8. The summed E-state index contributed by atoms with van der Waals surface area (Å²) in [5.41, 5.74) is 2.22. The molecule has 1 aliphatic heterocycles. The van der Waals surface area contributed by atoms with Crippen molar-refractivity contribution in [1.82, 2.24) is 15.3 Å². The number of aryl methyl sites for hydroxylation is 1. The Bertz CT molecular complexity index is 415. The molecule has 0 saturated carbocycles. The van der Waals surface area contributed by atoms with E-state index in [1.54, 1.807) is 0 Å². The van der Waals surface area contributed by atoms with Crippen LogP contribution in [-0.4, -0.2) is 36.6 Å². The summed E-state index contributed by atoms with van der Waals surface area (Å²) in [5, 5.41) is 3.28. The van der Waals surface area contributed by atoms with E-state index >= 15 is 0 Å². The summed E-state index contributed by atoms with van der Waals surface area (Å²) >= 11 is 0. The second-order valence-electron chi connectivity index (χ2n) is 5.90. The third kappa shape index (κ3) is 3.66. The maximum atomic E-state index is 4.75. The van der Waals surface area contributed by atoms with Crippen molar-refractivity contribution in [2.45, 2.75) is 39.5 Å². The van der Waals surface area contributed by atoms with Gasteiger partial charge in [0.05, 0.1) is 0 Å². The van der Waals surface area contributed by atoms with Gasteiger partial charge in [-0.1, -0.05) is 13.8 Å². The molecule has 0 aliphatic carbocycles. The Kier molecular flexibility index (Phi) is 4.75. The Morgan fingerprint density at radius 3 is 2.89 bits per heavy atom. The van der Waals surface area contributed by atoms with Gasteiger partial charge < -0.3 is 10.2 Å². The third-order valence-electron chi connectivity index (χ3n) is 3.75. The molecule has 2 heterocycles. The molecule has 0 bridgehead atoms. The molecule has 19 heavy (non-hydrogen) atoms. The standard InChI is InChI=1S/C15H26N4/c1-11(2)14-8-12(3)17-15(18-14)19-7-5-6-13(10-19)9-16-4/h8,11,13,16H,5-7,9-10H2,1-4H3. The van der Waals surface area contributed by atoms with Crippen molar-refractivity contribution >= 4 is 5.95 Å². The van der Waals surface area contributed by atoms with Crippen molar-refractivity contribution < 1.29 is 0 Å². The first-order valence-electron chi connectivity index (χ1n) is 7.35. The van der Waals surface area contributed by atoms with Crippen LogP contribution in [0.4, 0.5) is 5.95 Å². The number of nitrogens with one attached hydrogen (secondary N) is 1. The topological polar surface area (TPSA) is 41.0 Å². The van der Waals surface area contributed by atoms with Crippen molar-refractivity contribution in [3.05, 3.63) is 17.5 Å². The van der Waals surface area contributed by atoms with Gasteiger partial charge in [0.25, 0.3) is 0 Å². The zero-order valence-corrected chi connectivity index (χ0v) is 12.6.